The van der Waals surface area contributed by atoms with Gasteiger partial charge in [-0.05, 0) is 51.3 Å². The van der Waals surface area contributed by atoms with Crippen molar-refractivity contribution in [1.29, 1.82) is 0 Å². The molecular weight excluding hydrogens is 374 g/mol. The van der Waals surface area contributed by atoms with Crippen LogP contribution in [0.25, 0.3) is 10.8 Å². The first kappa shape index (κ1) is 16.2. The number of rotatable bonds is 4. The smallest absolute Gasteiger partial charge is 0.207 e. The third-order valence-electron chi connectivity index (χ3n) is 3.75. The standard InChI is InChI=1S/C18H16BrNO2S/c1-13(15-10-6-8-14-7-2-3-9-16(14)15)20-23(21,22)18-12-5-4-11-17(18)19/h2-13,20H,1H3. The molecule has 3 nitrogen and oxygen atoms in total. The molecule has 0 aliphatic carbocycles. The fraction of sp³-hybridized carbons (Fsp3) is 0.111. The minimum Gasteiger partial charge on any atom is -0.207 e. The molecule has 3 aromatic carbocycles. The number of nitrogens with one attached hydrogen (secondary N) is 1. The van der Waals surface area contributed by atoms with E-state index >= 15 is 0 Å². The number of sulfonamides is 1. The van der Waals surface area contributed by atoms with Gasteiger partial charge in [-0.3, -0.25) is 0 Å². The lowest BCUT2D eigenvalue weighted by molar-refractivity contribution is 0.567. The Morgan fingerprint density at radius 1 is 0.913 bits per heavy atom. The summed E-state index contributed by atoms with van der Waals surface area (Å²) in [4.78, 5) is 0.243. The molecule has 1 N–H and O–H groups in total. The second-order valence-electron chi connectivity index (χ2n) is 5.34. The normalized spacial score (nSPS) is 13.1. The Morgan fingerprint density at radius 2 is 1.57 bits per heavy atom. The van der Waals surface area contributed by atoms with Crippen LogP contribution in [0.5, 0.6) is 0 Å². The van der Waals surface area contributed by atoms with Crippen molar-refractivity contribution in [2.24, 2.45) is 0 Å². The SMILES string of the molecule is CC(NS(=O)(=O)c1ccccc1Br)c1cccc2ccccc12. The maximum atomic E-state index is 12.6. The van der Waals surface area contributed by atoms with Crippen LogP contribution in [0.15, 0.2) is 76.1 Å². The van der Waals surface area contributed by atoms with Crippen LogP contribution in [0, 0.1) is 0 Å². The molecule has 5 heteroatoms. The van der Waals surface area contributed by atoms with E-state index in [1.165, 1.54) is 0 Å². The monoisotopic (exact) mass is 389 g/mol. The molecule has 3 rings (SSSR count). The van der Waals surface area contributed by atoms with Crippen LogP contribution in [0.2, 0.25) is 0 Å². The summed E-state index contributed by atoms with van der Waals surface area (Å²) in [5.41, 5.74) is 0.957. The Kier molecular flexibility index (Phi) is 4.53. The van der Waals surface area contributed by atoms with Crippen LogP contribution in [0.4, 0.5) is 0 Å². The van der Waals surface area contributed by atoms with Gasteiger partial charge in [0.25, 0.3) is 0 Å². The van der Waals surface area contributed by atoms with Crippen LogP contribution >= 0.6 is 15.9 Å². The van der Waals surface area contributed by atoms with E-state index in [-0.39, 0.29) is 10.9 Å². The second-order valence-corrected chi connectivity index (χ2v) is 7.88. The summed E-state index contributed by atoms with van der Waals surface area (Å²) in [6, 6.07) is 20.4. The van der Waals surface area contributed by atoms with Gasteiger partial charge in [0.05, 0.1) is 4.90 Å². The van der Waals surface area contributed by atoms with Crippen molar-refractivity contribution in [1.82, 2.24) is 4.72 Å². The largest absolute Gasteiger partial charge is 0.242 e. The summed E-state index contributed by atoms with van der Waals surface area (Å²) in [6.07, 6.45) is 0. The third-order valence-corrected chi connectivity index (χ3v) is 6.30. The molecule has 0 bridgehead atoms. The summed E-state index contributed by atoms with van der Waals surface area (Å²) in [5.74, 6) is 0. The van der Waals surface area contributed by atoms with Gasteiger partial charge in [-0.2, -0.15) is 0 Å². The summed E-state index contributed by atoms with van der Waals surface area (Å²) in [5, 5.41) is 2.15. The summed E-state index contributed by atoms with van der Waals surface area (Å²) >= 11 is 3.30. The van der Waals surface area contributed by atoms with Gasteiger partial charge >= 0.3 is 0 Å². The van der Waals surface area contributed by atoms with Crippen molar-refractivity contribution in [2.45, 2.75) is 17.9 Å². The first-order valence-electron chi connectivity index (χ1n) is 7.23. The summed E-state index contributed by atoms with van der Waals surface area (Å²) in [6.45, 7) is 1.86. The van der Waals surface area contributed by atoms with E-state index in [1.54, 1.807) is 24.3 Å². The van der Waals surface area contributed by atoms with Gasteiger partial charge in [0.2, 0.25) is 10.0 Å². The lowest BCUT2D eigenvalue weighted by atomic mass is 10.0. The average Bonchev–Trinajstić information content (AvgIpc) is 2.54. The molecule has 0 saturated carbocycles. The van der Waals surface area contributed by atoms with Crippen molar-refractivity contribution in [2.75, 3.05) is 0 Å². The van der Waals surface area contributed by atoms with Crippen molar-refractivity contribution < 1.29 is 8.42 Å². The second kappa shape index (κ2) is 6.43. The van der Waals surface area contributed by atoms with Crippen molar-refractivity contribution in [3.8, 4) is 0 Å². The molecule has 0 aromatic heterocycles. The van der Waals surface area contributed by atoms with Crippen LogP contribution in [-0.2, 0) is 10.0 Å². The van der Waals surface area contributed by atoms with E-state index in [0.29, 0.717) is 4.47 Å². The van der Waals surface area contributed by atoms with Gasteiger partial charge in [0.1, 0.15) is 0 Å². The van der Waals surface area contributed by atoms with Crippen LogP contribution in [-0.4, -0.2) is 8.42 Å². The number of fused-ring (bicyclic) bond motifs is 1. The van der Waals surface area contributed by atoms with Crippen molar-refractivity contribution >= 4 is 36.7 Å². The molecule has 0 aliphatic heterocycles. The number of benzene rings is 3. The fourth-order valence-electron chi connectivity index (χ4n) is 2.65. The zero-order valence-corrected chi connectivity index (χ0v) is 14.9. The van der Waals surface area contributed by atoms with E-state index in [1.807, 2.05) is 49.4 Å². The summed E-state index contributed by atoms with van der Waals surface area (Å²) in [7, 11) is -3.60. The predicted molar refractivity (Wildman–Crippen MR) is 96.8 cm³/mol. The zero-order chi connectivity index (χ0) is 16.4. The average molecular weight is 390 g/mol. The van der Waals surface area contributed by atoms with Gasteiger partial charge in [0, 0.05) is 10.5 Å². The zero-order valence-electron chi connectivity index (χ0n) is 12.5. The van der Waals surface area contributed by atoms with Crippen LogP contribution in [0.3, 0.4) is 0 Å². The molecule has 0 amide bonds. The highest BCUT2D eigenvalue weighted by Gasteiger charge is 2.21. The van der Waals surface area contributed by atoms with Crippen LogP contribution in [0.1, 0.15) is 18.5 Å². The number of hydrogen-bond acceptors (Lipinski definition) is 2. The van der Waals surface area contributed by atoms with E-state index < -0.39 is 10.0 Å². The van der Waals surface area contributed by atoms with E-state index in [0.717, 1.165) is 16.3 Å². The highest BCUT2D eigenvalue weighted by molar-refractivity contribution is 9.10. The van der Waals surface area contributed by atoms with Crippen molar-refractivity contribution in [3.05, 3.63) is 76.8 Å². The molecule has 3 aromatic rings. The minimum atomic E-state index is -3.60. The highest BCUT2D eigenvalue weighted by Crippen LogP contribution is 2.27. The van der Waals surface area contributed by atoms with Gasteiger partial charge in [-0.15, -0.1) is 0 Å². The Balaban J connectivity index is 1.98. The fourth-order valence-corrected chi connectivity index (χ4v) is 4.88. The molecule has 0 radical (unpaired) electrons. The predicted octanol–water partition coefficient (Wildman–Crippen LogP) is 4.64. The van der Waals surface area contributed by atoms with Gasteiger partial charge < -0.3 is 0 Å². The molecule has 1 atom stereocenters. The maximum absolute atomic E-state index is 12.6. The van der Waals surface area contributed by atoms with E-state index in [9.17, 15) is 8.42 Å². The number of halogens is 1. The van der Waals surface area contributed by atoms with Gasteiger partial charge in [-0.1, -0.05) is 54.6 Å². The van der Waals surface area contributed by atoms with E-state index in [2.05, 4.69) is 20.7 Å². The molecule has 0 spiro atoms. The number of hydrogen-bond donors (Lipinski definition) is 1. The highest BCUT2D eigenvalue weighted by atomic mass is 79.9. The molecule has 0 saturated heterocycles. The molecule has 118 valence electrons. The molecule has 0 fully saturated rings. The first-order valence-corrected chi connectivity index (χ1v) is 9.51. The molecule has 1 unspecified atom stereocenters. The Morgan fingerprint density at radius 3 is 2.35 bits per heavy atom. The third kappa shape index (κ3) is 3.32. The maximum Gasteiger partial charge on any atom is 0.242 e. The van der Waals surface area contributed by atoms with E-state index in [4.69, 9.17) is 0 Å². The lowest BCUT2D eigenvalue weighted by Crippen LogP contribution is -2.27. The molecule has 23 heavy (non-hydrogen) atoms. The minimum absolute atomic E-state index is 0.243. The van der Waals surface area contributed by atoms with Gasteiger partial charge in [-0.25, -0.2) is 13.1 Å². The van der Waals surface area contributed by atoms with Gasteiger partial charge in [0.15, 0.2) is 0 Å². The molecule has 0 heterocycles. The Bertz CT molecular complexity index is 949. The summed E-state index contributed by atoms with van der Waals surface area (Å²) < 4.78 is 28.6. The topological polar surface area (TPSA) is 46.2 Å². The molecular formula is C18H16BrNO2S. The Labute approximate surface area is 144 Å². The van der Waals surface area contributed by atoms with Crippen LogP contribution < -0.4 is 4.72 Å². The molecule has 0 aliphatic rings. The lowest BCUT2D eigenvalue weighted by Gasteiger charge is -2.17. The van der Waals surface area contributed by atoms with Crippen molar-refractivity contribution in [3.63, 3.8) is 0 Å². The first-order chi connectivity index (χ1) is 11.0. The Hall–Kier alpha value is -1.69. The quantitative estimate of drug-likeness (QED) is 0.706.